The summed E-state index contributed by atoms with van der Waals surface area (Å²) in [6.07, 6.45) is 8.33. The van der Waals surface area contributed by atoms with Crippen molar-refractivity contribution in [2.45, 2.75) is 119 Å². The van der Waals surface area contributed by atoms with Crippen LogP contribution in [0.1, 0.15) is 113 Å². The minimum absolute atomic E-state index is 0.0291. The predicted octanol–water partition coefficient (Wildman–Crippen LogP) is 6.02. The first-order chi connectivity index (χ1) is 19.5. The Balaban J connectivity index is 1.39. The molecule has 0 unspecified atom stereocenters. The van der Waals surface area contributed by atoms with E-state index in [2.05, 4.69) is 48.5 Å². The Bertz CT molecular complexity index is 1210. The number of carbonyl (C=O) groups excluding carboxylic acids is 3. The molecule has 5 aliphatic carbocycles. The van der Waals surface area contributed by atoms with Crippen LogP contribution >= 0.6 is 0 Å². The van der Waals surface area contributed by atoms with E-state index in [-0.39, 0.29) is 57.2 Å². The molecule has 6 aliphatic rings. The van der Waals surface area contributed by atoms with Gasteiger partial charge in [0.25, 0.3) is 0 Å². The summed E-state index contributed by atoms with van der Waals surface area (Å²) in [5, 5.41) is 11.0. The summed E-state index contributed by atoms with van der Waals surface area (Å²) >= 11 is 0. The van der Waals surface area contributed by atoms with E-state index in [0.717, 1.165) is 56.9 Å². The van der Waals surface area contributed by atoms with Crippen LogP contribution in [0.25, 0.3) is 0 Å². The summed E-state index contributed by atoms with van der Waals surface area (Å²) < 4.78 is 0. The maximum Gasteiger partial charge on any atom is 0.233 e. The lowest BCUT2D eigenvalue weighted by Gasteiger charge is -2.72. The number of allylic oxidation sites excluding steroid dienone is 1. The first kappa shape index (κ1) is 30.3. The van der Waals surface area contributed by atoms with Gasteiger partial charge < -0.3 is 14.9 Å². The molecule has 1 heterocycles. The Morgan fingerprint density at radius 3 is 2.07 bits per heavy atom. The Morgan fingerprint density at radius 1 is 0.810 bits per heavy atom. The van der Waals surface area contributed by atoms with Gasteiger partial charge in [0.1, 0.15) is 0 Å². The van der Waals surface area contributed by atoms with Crippen molar-refractivity contribution in [2.24, 2.45) is 50.7 Å². The Hall–Kier alpha value is -1.69. The minimum atomic E-state index is -0.708. The Labute approximate surface area is 254 Å². The highest BCUT2D eigenvalue weighted by Gasteiger charge is 2.71. The standard InChI is InChI=1S/C36H56N2O4/c1-22(2)29-25(40)21-36(31(42)38-19-17-37(18-20-38)23(3)39)16-15-34(7)24(30(29)36)9-10-27-33(6)13-12-28(41)32(4,5)26(33)11-14-35(27,34)8/h22,24,26-28,41H,9-21H2,1-8H3/t24-,26+,27-,28+,33+,34-,35-,36-/m1/s1. The van der Waals surface area contributed by atoms with E-state index in [1.54, 1.807) is 6.92 Å². The minimum Gasteiger partial charge on any atom is -0.393 e. The number of amides is 2. The fraction of sp³-hybridized carbons (Fsp3) is 0.861. The third-order valence-electron chi connectivity index (χ3n) is 14.8. The number of aliphatic hydroxyl groups is 1. The lowest BCUT2D eigenvalue weighted by atomic mass is 9.33. The van der Waals surface area contributed by atoms with Gasteiger partial charge in [0.2, 0.25) is 11.8 Å². The van der Waals surface area contributed by atoms with Crippen LogP contribution in [0.2, 0.25) is 0 Å². The van der Waals surface area contributed by atoms with Gasteiger partial charge >= 0.3 is 0 Å². The molecule has 0 radical (unpaired) electrons. The molecule has 6 heteroatoms. The highest BCUT2D eigenvalue weighted by atomic mass is 16.3. The van der Waals surface area contributed by atoms with Gasteiger partial charge in [-0.2, -0.15) is 0 Å². The normalized spacial score (nSPS) is 44.9. The number of carbonyl (C=O) groups is 3. The average Bonchev–Trinajstić information content (AvgIpc) is 3.24. The third-order valence-corrected chi connectivity index (χ3v) is 14.8. The number of piperazine rings is 1. The van der Waals surface area contributed by atoms with E-state index in [1.807, 2.05) is 9.80 Å². The molecule has 6 rings (SSSR count). The first-order valence-corrected chi connectivity index (χ1v) is 17.1. The highest BCUT2D eigenvalue weighted by Crippen LogP contribution is 2.76. The number of nitrogens with zero attached hydrogens (tertiary/aromatic N) is 2. The van der Waals surface area contributed by atoms with E-state index in [4.69, 9.17) is 0 Å². The molecule has 8 atom stereocenters. The lowest BCUT2D eigenvalue weighted by molar-refractivity contribution is -0.228. The van der Waals surface area contributed by atoms with Crippen molar-refractivity contribution in [1.82, 2.24) is 9.80 Å². The van der Waals surface area contributed by atoms with Crippen LogP contribution in [0.5, 0.6) is 0 Å². The summed E-state index contributed by atoms with van der Waals surface area (Å²) in [5.74, 6) is 1.88. The van der Waals surface area contributed by atoms with Gasteiger partial charge in [-0.1, -0.05) is 48.5 Å². The summed E-state index contributed by atoms with van der Waals surface area (Å²) in [6.45, 7) is 20.4. The third kappa shape index (κ3) is 3.81. The molecule has 0 spiro atoms. The van der Waals surface area contributed by atoms with Gasteiger partial charge in [-0.3, -0.25) is 14.4 Å². The highest BCUT2D eigenvalue weighted by molar-refractivity contribution is 6.07. The second kappa shape index (κ2) is 9.65. The first-order valence-electron chi connectivity index (χ1n) is 17.1. The van der Waals surface area contributed by atoms with Crippen LogP contribution in [0.15, 0.2) is 11.1 Å². The maximum absolute atomic E-state index is 14.6. The number of hydrogen-bond acceptors (Lipinski definition) is 4. The number of fused-ring (bicyclic) bond motifs is 7. The van der Waals surface area contributed by atoms with Crippen molar-refractivity contribution in [3.8, 4) is 0 Å². The van der Waals surface area contributed by atoms with Crippen molar-refractivity contribution >= 4 is 17.6 Å². The van der Waals surface area contributed by atoms with Crippen LogP contribution in [0, 0.1) is 50.7 Å². The molecule has 1 N–H and O–H groups in total. The van der Waals surface area contributed by atoms with Crippen LogP contribution in [0.3, 0.4) is 0 Å². The Morgan fingerprint density at radius 2 is 1.45 bits per heavy atom. The van der Waals surface area contributed by atoms with Crippen LogP contribution in [-0.4, -0.2) is 64.8 Å². The fourth-order valence-electron chi connectivity index (χ4n) is 12.4. The van der Waals surface area contributed by atoms with Crippen LogP contribution in [0.4, 0.5) is 0 Å². The number of rotatable bonds is 2. The van der Waals surface area contributed by atoms with Gasteiger partial charge in [-0.05, 0) is 108 Å². The summed E-state index contributed by atoms with van der Waals surface area (Å²) in [6, 6.07) is 0. The zero-order valence-electron chi connectivity index (χ0n) is 27.6. The molecule has 234 valence electrons. The molecule has 1 aliphatic heterocycles. The zero-order chi connectivity index (χ0) is 30.6. The van der Waals surface area contributed by atoms with Gasteiger partial charge in [-0.15, -0.1) is 0 Å². The molecule has 2 amide bonds. The molecule has 4 saturated carbocycles. The summed E-state index contributed by atoms with van der Waals surface area (Å²) in [4.78, 5) is 44.3. The molecule has 0 aromatic rings. The molecule has 42 heavy (non-hydrogen) atoms. The number of Topliss-reactive ketones (excluding diaryl/α,β-unsaturated/α-hetero) is 1. The molecule has 1 saturated heterocycles. The quantitative estimate of drug-likeness (QED) is 0.433. The predicted molar refractivity (Wildman–Crippen MR) is 164 cm³/mol. The molecular formula is C36H56N2O4. The summed E-state index contributed by atoms with van der Waals surface area (Å²) in [5.41, 5.74) is 1.76. The second-order valence-corrected chi connectivity index (χ2v) is 17.0. The molecule has 0 bridgehead atoms. The van der Waals surface area contributed by atoms with Crippen molar-refractivity contribution < 1.29 is 19.5 Å². The van der Waals surface area contributed by atoms with E-state index in [0.29, 0.717) is 44.4 Å². The number of ketones is 1. The fourth-order valence-corrected chi connectivity index (χ4v) is 12.4. The van der Waals surface area contributed by atoms with E-state index < -0.39 is 5.41 Å². The van der Waals surface area contributed by atoms with Gasteiger partial charge in [-0.25, -0.2) is 0 Å². The van der Waals surface area contributed by atoms with Gasteiger partial charge in [0, 0.05) is 39.5 Å². The average molecular weight is 581 g/mol. The number of aliphatic hydroxyl groups excluding tert-OH is 1. The molecule has 0 aromatic heterocycles. The van der Waals surface area contributed by atoms with Crippen molar-refractivity contribution in [3.63, 3.8) is 0 Å². The van der Waals surface area contributed by atoms with Gasteiger partial charge in [0.15, 0.2) is 5.78 Å². The smallest absolute Gasteiger partial charge is 0.233 e. The topological polar surface area (TPSA) is 77.9 Å². The van der Waals surface area contributed by atoms with E-state index in [1.165, 1.54) is 5.57 Å². The second-order valence-electron chi connectivity index (χ2n) is 17.0. The maximum atomic E-state index is 14.6. The van der Waals surface area contributed by atoms with E-state index >= 15 is 0 Å². The van der Waals surface area contributed by atoms with Gasteiger partial charge in [0.05, 0.1) is 11.5 Å². The van der Waals surface area contributed by atoms with Crippen LogP contribution < -0.4 is 0 Å². The summed E-state index contributed by atoms with van der Waals surface area (Å²) in [7, 11) is 0. The zero-order valence-corrected chi connectivity index (χ0v) is 27.6. The largest absolute Gasteiger partial charge is 0.393 e. The van der Waals surface area contributed by atoms with E-state index in [9.17, 15) is 19.5 Å². The lowest BCUT2D eigenvalue weighted by Crippen LogP contribution is -2.66. The van der Waals surface area contributed by atoms with Crippen molar-refractivity contribution in [1.29, 1.82) is 0 Å². The van der Waals surface area contributed by atoms with Crippen molar-refractivity contribution in [2.75, 3.05) is 26.2 Å². The van der Waals surface area contributed by atoms with Crippen LogP contribution in [-0.2, 0) is 14.4 Å². The van der Waals surface area contributed by atoms with Crippen molar-refractivity contribution in [3.05, 3.63) is 11.1 Å². The molecule has 5 fully saturated rings. The molecular weight excluding hydrogens is 524 g/mol. The molecule has 6 nitrogen and oxygen atoms in total. The molecule has 0 aromatic carbocycles. The number of hydrogen-bond donors (Lipinski definition) is 1. The SMILES string of the molecule is CC(=O)N1CCN(C(=O)[C@@]23CC[C@]4(C)[C@H](CC[C@@H]5[C@@]6(C)CC[C@H](O)C(C)(C)[C@@H]6CC[C@]54C)C2=C(C(C)C)C(=O)C3)CC1. The monoisotopic (exact) mass is 580 g/mol. The Kier molecular flexibility index (Phi) is 6.97.